The van der Waals surface area contributed by atoms with Gasteiger partial charge in [0, 0.05) is 16.7 Å². The fourth-order valence-electron chi connectivity index (χ4n) is 2.92. The molecule has 0 heterocycles. The molecule has 3 aromatic rings. The van der Waals surface area contributed by atoms with Gasteiger partial charge in [0.2, 0.25) is 5.60 Å². The molecule has 0 aliphatic heterocycles. The Balaban J connectivity index is 0.00000166. The third-order valence-electron chi connectivity index (χ3n) is 4.44. The molecule has 0 aliphatic rings. The van der Waals surface area contributed by atoms with E-state index in [0.29, 0.717) is 11.1 Å². The van der Waals surface area contributed by atoms with Gasteiger partial charge in [-0.3, -0.25) is 0 Å². The molecular weight excluding hydrogens is 470 g/mol. The molecule has 0 fully saturated rings. The Hall–Kier alpha value is -3.03. The van der Waals surface area contributed by atoms with E-state index in [2.05, 4.69) is 15.9 Å². The van der Waals surface area contributed by atoms with Gasteiger partial charge in [0.25, 0.3) is 0 Å². The van der Waals surface area contributed by atoms with Gasteiger partial charge in [0.05, 0.1) is 6.26 Å². The number of rotatable bonds is 6. The summed E-state index contributed by atoms with van der Waals surface area (Å²) in [6.07, 6.45) is 0.798. The van der Waals surface area contributed by atoms with E-state index in [1.54, 1.807) is 30.3 Å². The Morgan fingerprint density at radius 3 is 1.90 bits per heavy atom. The lowest BCUT2D eigenvalue weighted by atomic mass is 9.86. The lowest BCUT2D eigenvalue weighted by Crippen LogP contribution is -2.39. The molecule has 162 valence electrons. The Morgan fingerprint density at radius 1 is 0.935 bits per heavy atom. The molecule has 0 atom stereocenters. The maximum Gasteiger partial charge on any atom is 0.348 e. The van der Waals surface area contributed by atoms with Crippen molar-refractivity contribution >= 4 is 27.5 Å². The molecule has 0 saturated heterocycles. The van der Waals surface area contributed by atoms with Crippen LogP contribution in [-0.2, 0) is 15.1 Å². The van der Waals surface area contributed by atoms with Crippen LogP contribution in [0.3, 0.4) is 0 Å². The highest BCUT2D eigenvalue weighted by molar-refractivity contribution is 9.08. The van der Waals surface area contributed by atoms with Gasteiger partial charge in [-0.25, -0.2) is 13.6 Å². The predicted molar refractivity (Wildman–Crippen MR) is 119 cm³/mol. The summed E-state index contributed by atoms with van der Waals surface area (Å²) < 4.78 is 32.8. The maximum atomic E-state index is 13.8. The fourth-order valence-corrected chi connectivity index (χ4v) is 2.92. The van der Waals surface area contributed by atoms with Crippen molar-refractivity contribution in [2.24, 2.45) is 0 Å². The Kier molecular flexibility index (Phi) is 8.90. The zero-order valence-electron chi connectivity index (χ0n) is 16.6. The second kappa shape index (κ2) is 11.4. The molecule has 3 rings (SSSR count). The van der Waals surface area contributed by atoms with Crippen molar-refractivity contribution < 1.29 is 28.5 Å². The van der Waals surface area contributed by atoms with Crippen molar-refractivity contribution in [2.45, 2.75) is 5.60 Å². The molecule has 0 spiro atoms. The van der Waals surface area contributed by atoms with Crippen LogP contribution in [0, 0.1) is 11.6 Å². The third-order valence-corrected chi connectivity index (χ3v) is 4.44. The van der Waals surface area contributed by atoms with Crippen molar-refractivity contribution in [1.82, 2.24) is 0 Å². The number of esters is 1. The Labute approximate surface area is 187 Å². The van der Waals surface area contributed by atoms with E-state index in [0.717, 1.165) is 30.5 Å². The average molecular weight is 491 g/mol. The summed E-state index contributed by atoms with van der Waals surface area (Å²) in [7, 11) is 0. The number of halogens is 3. The van der Waals surface area contributed by atoms with E-state index in [-0.39, 0.29) is 17.7 Å². The Bertz CT molecular complexity index is 993. The van der Waals surface area contributed by atoms with Gasteiger partial charge in [-0.1, -0.05) is 70.5 Å². The molecule has 0 aromatic heterocycles. The van der Waals surface area contributed by atoms with E-state index in [1.165, 1.54) is 24.3 Å². The minimum atomic E-state index is -2.44. The number of carbonyl (C=O) groups is 1. The van der Waals surface area contributed by atoms with Crippen molar-refractivity contribution in [3.8, 4) is 0 Å². The summed E-state index contributed by atoms with van der Waals surface area (Å²) >= 11 is 2.94. The number of ether oxygens (including phenoxy) is 1. The molecule has 4 nitrogen and oxygen atoms in total. The van der Waals surface area contributed by atoms with Gasteiger partial charge in [-0.2, -0.15) is 0 Å². The Morgan fingerprint density at radius 2 is 1.45 bits per heavy atom. The summed E-state index contributed by atoms with van der Waals surface area (Å²) in [6, 6.07) is 18.3. The maximum absolute atomic E-state index is 13.8. The van der Waals surface area contributed by atoms with Crippen LogP contribution in [0.2, 0.25) is 0 Å². The van der Waals surface area contributed by atoms with Crippen LogP contribution in [0.1, 0.15) is 16.7 Å². The zero-order valence-corrected chi connectivity index (χ0v) is 18.2. The molecule has 0 radical (unpaired) electrons. The first kappa shape index (κ1) is 24.2. The minimum absolute atomic E-state index is 0.109. The smallest absolute Gasteiger partial charge is 0.348 e. The standard InChI is InChI=1S/C23H18F2O4.CH3Br/c24-20-10-4-8-18(12-20)23(28,19-9-5-11-21(25)13-19)22(27)29-15-17(14-26)16-6-2-1-3-7-16;1-2/h1-14,26,28H,15H2;1H3. The topological polar surface area (TPSA) is 66.8 Å². The van der Waals surface area contributed by atoms with E-state index >= 15 is 0 Å². The number of aliphatic hydroxyl groups is 2. The first-order valence-electron chi connectivity index (χ1n) is 9.13. The summed E-state index contributed by atoms with van der Waals surface area (Å²) in [5, 5.41) is 20.7. The van der Waals surface area contributed by atoms with Crippen molar-refractivity contribution in [3.63, 3.8) is 0 Å². The van der Waals surface area contributed by atoms with Crippen molar-refractivity contribution in [3.05, 3.63) is 113 Å². The monoisotopic (exact) mass is 490 g/mol. The van der Waals surface area contributed by atoms with Crippen molar-refractivity contribution in [1.29, 1.82) is 0 Å². The molecule has 0 saturated carbocycles. The first-order chi connectivity index (χ1) is 14.9. The van der Waals surface area contributed by atoms with E-state index in [4.69, 9.17) is 4.74 Å². The van der Waals surface area contributed by atoms with Gasteiger partial charge >= 0.3 is 5.97 Å². The molecule has 0 aliphatic carbocycles. The van der Waals surface area contributed by atoms with Crippen LogP contribution >= 0.6 is 15.9 Å². The van der Waals surface area contributed by atoms with Gasteiger partial charge < -0.3 is 14.9 Å². The third kappa shape index (κ3) is 5.77. The number of hydrogen-bond acceptors (Lipinski definition) is 4. The van der Waals surface area contributed by atoms with Crippen LogP contribution in [0.4, 0.5) is 8.78 Å². The number of carbonyl (C=O) groups excluding carboxylic acids is 1. The highest BCUT2D eigenvalue weighted by Crippen LogP contribution is 2.32. The number of benzene rings is 3. The summed E-state index contributed by atoms with van der Waals surface area (Å²) in [6.45, 7) is -0.355. The van der Waals surface area contributed by atoms with Gasteiger partial charge in [-0.15, -0.1) is 0 Å². The van der Waals surface area contributed by atoms with Gasteiger partial charge in [-0.05, 0) is 35.7 Å². The highest BCUT2D eigenvalue weighted by atomic mass is 79.9. The second-order valence-corrected chi connectivity index (χ2v) is 6.33. The molecule has 0 amide bonds. The molecule has 0 bridgehead atoms. The van der Waals surface area contributed by atoms with E-state index < -0.39 is 23.2 Å². The molecule has 0 unspecified atom stereocenters. The minimum Gasteiger partial charge on any atom is -0.515 e. The molecular formula is C24H21BrF2O4. The second-order valence-electron chi connectivity index (χ2n) is 6.33. The van der Waals surface area contributed by atoms with E-state index in [1.807, 2.05) is 5.83 Å². The number of alkyl halides is 1. The van der Waals surface area contributed by atoms with Crippen LogP contribution in [-0.4, -0.2) is 28.6 Å². The molecule has 2 N–H and O–H groups in total. The van der Waals surface area contributed by atoms with E-state index in [9.17, 15) is 23.8 Å². The van der Waals surface area contributed by atoms with Gasteiger partial charge in [0.15, 0.2) is 0 Å². The molecule has 31 heavy (non-hydrogen) atoms. The molecule has 3 aromatic carbocycles. The average Bonchev–Trinajstić information content (AvgIpc) is 2.81. The highest BCUT2D eigenvalue weighted by Gasteiger charge is 2.42. The quantitative estimate of drug-likeness (QED) is 0.277. The molecule has 7 heteroatoms. The lowest BCUT2D eigenvalue weighted by molar-refractivity contribution is -0.160. The zero-order chi connectivity index (χ0) is 22.9. The first-order valence-corrected chi connectivity index (χ1v) is 10.7. The van der Waals surface area contributed by atoms with Crippen LogP contribution < -0.4 is 0 Å². The summed E-state index contributed by atoms with van der Waals surface area (Å²) in [4.78, 5) is 12.9. The van der Waals surface area contributed by atoms with Gasteiger partial charge in [0.1, 0.15) is 18.2 Å². The predicted octanol–water partition coefficient (Wildman–Crippen LogP) is 5.35. The van der Waals surface area contributed by atoms with Crippen LogP contribution in [0.15, 0.2) is 85.1 Å². The van der Waals surface area contributed by atoms with Crippen molar-refractivity contribution in [2.75, 3.05) is 12.4 Å². The lowest BCUT2D eigenvalue weighted by Gasteiger charge is -2.27. The van der Waals surface area contributed by atoms with Crippen LogP contribution in [0.5, 0.6) is 0 Å². The summed E-state index contributed by atoms with van der Waals surface area (Å²) in [5.41, 5.74) is -1.76. The van der Waals surface area contributed by atoms with Crippen LogP contribution in [0.25, 0.3) is 5.57 Å². The number of aliphatic hydroxyl groups excluding tert-OH is 1. The normalized spacial score (nSPS) is 11.3. The largest absolute Gasteiger partial charge is 0.515 e. The fraction of sp³-hybridized carbons (Fsp3) is 0.125. The summed E-state index contributed by atoms with van der Waals surface area (Å²) in [5.74, 6) is -0.674. The SMILES string of the molecule is CBr.O=C(OCC(=CO)c1ccccc1)C(O)(c1cccc(F)c1)c1cccc(F)c1. The number of hydrogen-bond donors (Lipinski definition) is 2.